The predicted octanol–water partition coefficient (Wildman–Crippen LogP) is 5.61. The molecule has 1 rings (SSSR count). The minimum absolute atomic E-state index is 0.193. The molecular formula is C20H29NO. The lowest BCUT2D eigenvalue weighted by Crippen LogP contribution is -2.07. The molecule has 0 aliphatic rings. The van der Waals surface area contributed by atoms with Crippen molar-refractivity contribution in [1.82, 2.24) is 4.57 Å². The summed E-state index contributed by atoms with van der Waals surface area (Å²) in [6.45, 7) is 2.21. The van der Waals surface area contributed by atoms with Crippen LogP contribution in [0.15, 0.2) is 36.7 Å². The summed E-state index contributed by atoms with van der Waals surface area (Å²) in [5.74, 6) is 6.60. The third kappa shape index (κ3) is 9.23. The van der Waals surface area contributed by atoms with E-state index >= 15 is 0 Å². The zero-order chi connectivity index (χ0) is 15.9. The fraction of sp³-hybridized carbons (Fsp3) is 0.550. The van der Waals surface area contributed by atoms with E-state index in [1.807, 2.05) is 24.5 Å². The first-order valence-corrected chi connectivity index (χ1v) is 8.61. The molecule has 120 valence electrons. The van der Waals surface area contributed by atoms with Crippen LogP contribution >= 0.6 is 0 Å². The van der Waals surface area contributed by atoms with Gasteiger partial charge in [0.05, 0.1) is 0 Å². The molecule has 22 heavy (non-hydrogen) atoms. The van der Waals surface area contributed by atoms with Gasteiger partial charge in [-0.05, 0) is 37.8 Å². The summed E-state index contributed by atoms with van der Waals surface area (Å²) >= 11 is 0. The molecule has 0 N–H and O–H groups in total. The number of nitrogens with zero attached hydrogens (tertiary/aromatic N) is 1. The van der Waals surface area contributed by atoms with Gasteiger partial charge in [-0.1, -0.05) is 44.3 Å². The lowest BCUT2D eigenvalue weighted by atomic mass is 10.1. The van der Waals surface area contributed by atoms with Gasteiger partial charge >= 0.3 is 0 Å². The van der Waals surface area contributed by atoms with Gasteiger partial charge in [-0.3, -0.25) is 9.36 Å². The Kier molecular flexibility index (Phi) is 10.8. The highest BCUT2D eigenvalue weighted by atomic mass is 16.1. The van der Waals surface area contributed by atoms with E-state index in [9.17, 15) is 4.79 Å². The normalized spacial score (nSPS) is 10.6. The monoisotopic (exact) mass is 299 g/mol. The molecule has 0 spiro atoms. The Balaban J connectivity index is 1.92. The van der Waals surface area contributed by atoms with Gasteiger partial charge < -0.3 is 0 Å². The molecular weight excluding hydrogens is 270 g/mol. The number of hydrogen-bond donors (Lipinski definition) is 0. The summed E-state index contributed by atoms with van der Waals surface area (Å²) in [6, 6.07) is 3.77. The van der Waals surface area contributed by atoms with Crippen molar-refractivity contribution in [2.75, 3.05) is 0 Å². The minimum Gasteiger partial charge on any atom is -0.295 e. The van der Waals surface area contributed by atoms with E-state index < -0.39 is 0 Å². The van der Waals surface area contributed by atoms with Crippen LogP contribution in [0.25, 0.3) is 0 Å². The van der Waals surface area contributed by atoms with Crippen LogP contribution in [0.1, 0.15) is 75.9 Å². The average molecular weight is 299 g/mol. The first kappa shape index (κ1) is 18.3. The number of allylic oxidation sites excluding steroid dienone is 2. The molecule has 1 aromatic heterocycles. The lowest BCUT2D eigenvalue weighted by molar-refractivity contribution is 0.0899. The Morgan fingerprint density at radius 3 is 2.59 bits per heavy atom. The van der Waals surface area contributed by atoms with Gasteiger partial charge in [0.15, 0.2) is 0 Å². The summed E-state index contributed by atoms with van der Waals surface area (Å²) in [5, 5.41) is 0. The van der Waals surface area contributed by atoms with Crippen molar-refractivity contribution in [2.45, 2.75) is 71.1 Å². The molecule has 2 nitrogen and oxygen atoms in total. The van der Waals surface area contributed by atoms with Gasteiger partial charge in [0.1, 0.15) is 0 Å². The second-order valence-corrected chi connectivity index (χ2v) is 5.57. The Labute approximate surface area is 135 Å². The molecule has 0 aliphatic heterocycles. The van der Waals surface area contributed by atoms with Crippen molar-refractivity contribution in [1.29, 1.82) is 0 Å². The zero-order valence-electron chi connectivity index (χ0n) is 13.9. The van der Waals surface area contributed by atoms with Crippen LogP contribution in [0.4, 0.5) is 0 Å². The Hall–Kier alpha value is -1.75. The van der Waals surface area contributed by atoms with Crippen LogP contribution in [0.3, 0.4) is 0 Å². The summed E-state index contributed by atoms with van der Waals surface area (Å²) in [6.07, 6.45) is 18.7. The third-order valence-corrected chi connectivity index (χ3v) is 3.57. The van der Waals surface area contributed by atoms with Crippen molar-refractivity contribution in [3.8, 4) is 11.8 Å². The highest BCUT2D eigenvalue weighted by Gasteiger charge is 2.01. The molecule has 0 aliphatic carbocycles. The smallest absolute Gasteiger partial charge is 0.230 e. The molecule has 0 saturated heterocycles. The second-order valence-electron chi connectivity index (χ2n) is 5.57. The number of rotatable bonds is 10. The van der Waals surface area contributed by atoms with E-state index in [0.717, 1.165) is 38.5 Å². The fourth-order valence-electron chi connectivity index (χ4n) is 2.23. The maximum Gasteiger partial charge on any atom is 0.230 e. The van der Waals surface area contributed by atoms with E-state index in [4.69, 9.17) is 0 Å². The first-order valence-electron chi connectivity index (χ1n) is 8.61. The van der Waals surface area contributed by atoms with E-state index in [0.29, 0.717) is 6.42 Å². The molecule has 0 fully saturated rings. The van der Waals surface area contributed by atoms with Crippen LogP contribution in [0, 0.1) is 11.8 Å². The van der Waals surface area contributed by atoms with Gasteiger partial charge in [-0.2, -0.15) is 0 Å². The Bertz CT molecular complexity index is 474. The van der Waals surface area contributed by atoms with Gasteiger partial charge in [0.2, 0.25) is 5.91 Å². The Morgan fingerprint density at radius 1 is 1.00 bits per heavy atom. The molecule has 0 amide bonds. The largest absolute Gasteiger partial charge is 0.295 e. The summed E-state index contributed by atoms with van der Waals surface area (Å²) in [5.41, 5.74) is 0. The highest BCUT2D eigenvalue weighted by molar-refractivity contribution is 5.78. The molecule has 0 atom stereocenters. The predicted molar refractivity (Wildman–Crippen MR) is 93.8 cm³/mol. The molecule has 0 aromatic carbocycles. The van der Waals surface area contributed by atoms with Gasteiger partial charge in [0, 0.05) is 31.7 Å². The van der Waals surface area contributed by atoms with Crippen LogP contribution in [0.5, 0.6) is 0 Å². The van der Waals surface area contributed by atoms with E-state index in [1.54, 1.807) is 4.57 Å². The molecule has 2 heteroatoms. The van der Waals surface area contributed by atoms with Crippen molar-refractivity contribution in [2.24, 2.45) is 0 Å². The second kappa shape index (κ2) is 13.0. The summed E-state index contributed by atoms with van der Waals surface area (Å²) in [7, 11) is 0. The molecule has 0 radical (unpaired) electrons. The van der Waals surface area contributed by atoms with Crippen molar-refractivity contribution < 1.29 is 4.79 Å². The number of hydrogen-bond acceptors (Lipinski definition) is 1. The zero-order valence-corrected chi connectivity index (χ0v) is 13.9. The molecule has 0 unspecified atom stereocenters. The van der Waals surface area contributed by atoms with Gasteiger partial charge in [0.25, 0.3) is 0 Å². The quantitative estimate of drug-likeness (QED) is 0.313. The summed E-state index contributed by atoms with van der Waals surface area (Å²) < 4.78 is 1.67. The number of carbonyl (C=O) groups excluding carboxylic acids is 1. The molecule has 0 bridgehead atoms. The van der Waals surface area contributed by atoms with Crippen molar-refractivity contribution >= 4 is 5.91 Å². The first-order chi connectivity index (χ1) is 10.8. The van der Waals surface area contributed by atoms with Crippen molar-refractivity contribution in [3.63, 3.8) is 0 Å². The van der Waals surface area contributed by atoms with E-state index in [-0.39, 0.29) is 5.91 Å². The lowest BCUT2D eigenvalue weighted by Gasteiger charge is -2.01. The minimum atomic E-state index is 0.193. The van der Waals surface area contributed by atoms with Gasteiger partial charge in [-0.15, -0.1) is 5.92 Å². The SMILES string of the molecule is CCCCCC#CCC=CCCCCCC(=O)n1cccc1. The number of unbranched alkanes of at least 4 members (excludes halogenated alkanes) is 6. The van der Waals surface area contributed by atoms with Crippen LogP contribution in [-0.2, 0) is 0 Å². The third-order valence-electron chi connectivity index (χ3n) is 3.57. The number of carbonyl (C=O) groups is 1. The highest BCUT2D eigenvalue weighted by Crippen LogP contribution is 2.06. The maximum atomic E-state index is 11.7. The van der Waals surface area contributed by atoms with Crippen molar-refractivity contribution in [3.05, 3.63) is 36.7 Å². The molecule has 1 heterocycles. The maximum absolute atomic E-state index is 11.7. The van der Waals surface area contributed by atoms with E-state index in [2.05, 4.69) is 30.9 Å². The van der Waals surface area contributed by atoms with Crippen LogP contribution in [0.2, 0.25) is 0 Å². The van der Waals surface area contributed by atoms with Crippen LogP contribution < -0.4 is 0 Å². The standard InChI is InChI=1S/C20H29NO/c1-2-3-4-5-6-7-8-9-10-11-12-13-14-17-20(22)21-18-15-16-19-21/h9-10,15-16,18-19H,2-5,8,11-14,17H2,1H3. The molecule has 1 aromatic rings. The Morgan fingerprint density at radius 2 is 1.82 bits per heavy atom. The summed E-state index contributed by atoms with van der Waals surface area (Å²) in [4.78, 5) is 11.7. The average Bonchev–Trinajstić information content (AvgIpc) is 3.06. The number of aromatic nitrogens is 1. The fourth-order valence-corrected chi connectivity index (χ4v) is 2.23. The topological polar surface area (TPSA) is 22.0 Å². The molecule has 0 saturated carbocycles. The van der Waals surface area contributed by atoms with E-state index in [1.165, 1.54) is 19.3 Å². The van der Waals surface area contributed by atoms with Gasteiger partial charge in [-0.25, -0.2) is 0 Å². The van der Waals surface area contributed by atoms with Crippen LogP contribution in [-0.4, -0.2) is 10.5 Å².